The van der Waals surface area contributed by atoms with Crippen LogP contribution in [0.2, 0.25) is 0 Å². The molecule has 0 aliphatic carbocycles. The molecule has 5 heterocycles. The summed E-state index contributed by atoms with van der Waals surface area (Å²) in [5.74, 6) is -1.84. The molecule has 4 atom stereocenters. The predicted molar refractivity (Wildman–Crippen MR) is 140 cm³/mol. The van der Waals surface area contributed by atoms with Gasteiger partial charge < -0.3 is 0 Å². The quantitative estimate of drug-likeness (QED) is 0.227. The molecule has 4 aliphatic heterocycles. The lowest BCUT2D eigenvalue weighted by atomic mass is 9.75. The number of amides is 2. The number of para-hydroxylation sites is 2. The molecule has 0 saturated carbocycles. The first-order valence-corrected chi connectivity index (χ1v) is 13.0. The van der Waals surface area contributed by atoms with Crippen molar-refractivity contribution >= 4 is 34.1 Å². The molecule has 2 amide bonds. The first kappa shape index (κ1) is 22.3. The van der Waals surface area contributed by atoms with Gasteiger partial charge in [0.15, 0.2) is 0 Å². The number of carbonyl (C=O) groups excluding carboxylic acids is 2. The van der Waals surface area contributed by atoms with Gasteiger partial charge in [-0.1, -0.05) is 36.4 Å². The van der Waals surface area contributed by atoms with E-state index in [9.17, 15) is 24.5 Å². The molecule has 0 bridgehead atoms. The maximum absolute atomic E-state index is 14.4. The standard InChI is InChI=1S/C29H21N5O5/c35-25-18-9-1-3-11-20(18)30-28-29(19-10-2-4-12-21(19)33(25)28)24-23(22-13-6-14-31(22)29)26(36)32(27(24)37)16-7-5-8-17(15-16)34(38)39/h1-5,7-12,15,22-24H,6,13-14H2/t22?,23-,24+,29?/m0/s1. The molecule has 0 radical (unpaired) electrons. The predicted octanol–water partition coefficient (Wildman–Crippen LogP) is 3.13. The Morgan fingerprint density at radius 1 is 0.949 bits per heavy atom. The van der Waals surface area contributed by atoms with Crippen LogP contribution in [-0.4, -0.2) is 43.8 Å². The Morgan fingerprint density at radius 2 is 1.74 bits per heavy atom. The molecule has 192 valence electrons. The van der Waals surface area contributed by atoms with E-state index in [4.69, 9.17) is 4.98 Å². The molecule has 0 N–H and O–H groups in total. The highest BCUT2D eigenvalue weighted by Crippen LogP contribution is 2.62. The molecule has 10 heteroatoms. The Balaban J connectivity index is 1.42. The van der Waals surface area contributed by atoms with E-state index in [1.165, 1.54) is 18.2 Å². The minimum Gasteiger partial charge on any atom is -0.283 e. The molecule has 8 rings (SSSR count). The third kappa shape index (κ3) is 2.54. The number of imide groups is 1. The highest BCUT2D eigenvalue weighted by molar-refractivity contribution is 6.23. The minimum absolute atomic E-state index is 0.184. The van der Waals surface area contributed by atoms with Gasteiger partial charge in [-0.05, 0) is 43.7 Å². The van der Waals surface area contributed by atoms with Gasteiger partial charge >= 0.3 is 0 Å². The number of aromatic nitrogens is 2. The summed E-state index contributed by atoms with van der Waals surface area (Å²) in [5.41, 5.74) is 0.636. The van der Waals surface area contributed by atoms with E-state index in [2.05, 4.69) is 4.90 Å². The van der Waals surface area contributed by atoms with Crippen molar-refractivity contribution in [1.29, 1.82) is 0 Å². The van der Waals surface area contributed by atoms with Gasteiger partial charge in [0.2, 0.25) is 11.8 Å². The maximum Gasteiger partial charge on any atom is 0.271 e. The number of rotatable bonds is 2. The zero-order chi connectivity index (χ0) is 26.6. The van der Waals surface area contributed by atoms with E-state index < -0.39 is 28.2 Å². The number of benzene rings is 3. The van der Waals surface area contributed by atoms with Crippen molar-refractivity contribution in [2.75, 3.05) is 11.4 Å². The lowest BCUT2D eigenvalue weighted by Gasteiger charge is -2.38. The lowest BCUT2D eigenvalue weighted by molar-refractivity contribution is -0.384. The molecule has 1 aromatic heterocycles. The summed E-state index contributed by atoms with van der Waals surface area (Å²) >= 11 is 0. The van der Waals surface area contributed by atoms with E-state index in [-0.39, 0.29) is 28.9 Å². The van der Waals surface area contributed by atoms with Crippen LogP contribution in [0, 0.1) is 22.0 Å². The summed E-state index contributed by atoms with van der Waals surface area (Å²) in [6.45, 7) is 0.659. The van der Waals surface area contributed by atoms with Gasteiger partial charge in [0.25, 0.3) is 11.2 Å². The molecule has 1 spiro atoms. The van der Waals surface area contributed by atoms with Crippen molar-refractivity contribution in [2.24, 2.45) is 11.8 Å². The van der Waals surface area contributed by atoms with Crippen LogP contribution in [-0.2, 0) is 15.1 Å². The number of anilines is 1. The summed E-state index contributed by atoms with van der Waals surface area (Å²) in [4.78, 5) is 61.7. The van der Waals surface area contributed by atoms with Gasteiger partial charge in [0, 0.05) is 23.7 Å². The van der Waals surface area contributed by atoms with Gasteiger partial charge in [0.05, 0.1) is 39.0 Å². The zero-order valence-electron chi connectivity index (χ0n) is 20.6. The second-order valence-electron chi connectivity index (χ2n) is 10.6. The maximum atomic E-state index is 14.4. The van der Waals surface area contributed by atoms with Crippen LogP contribution in [0.25, 0.3) is 16.6 Å². The molecule has 39 heavy (non-hydrogen) atoms. The van der Waals surface area contributed by atoms with E-state index in [0.29, 0.717) is 29.0 Å². The van der Waals surface area contributed by atoms with Crippen molar-refractivity contribution in [2.45, 2.75) is 24.4 Å². The normalized spacial score (nSPS) is 26.8. The highest BCUT2D eigenvalue weighted by Gasteiger charge is 2.73. The molecular weight excluding hydrogens is 498 g/mol. The SMILES string of the molecule is O=C1[C@H]2C3CCCN3C3(c4ccccc4-n4c3nc3ccccc3c4=O)[C@H]2C(=O)N1c1cccc([N+](=O)[O-])c1. The van der Waals surface area contributed by atoms with Crippen molar-refractivity contribution in [1.82, 2.24) is 14.5 Å². The number of nitro groups is 1. The van der Waals surface area contributed by atoms with Gasteiger partial charge in [0.1, 0.15) is 11.4 Å². The molecule has 4 aliphatic rings. The summed E-state index contributed by atoms with van der Waals surface area (Å²) in [5, 5.41) is 11.9. The molecule has 3 fully saturated rings. The van der Waals surface area contributed by atoms with Crippen LogP contribution in [0.3, 0.4) is 0 Å². The number of carbonyl (C=O) groups is 2. The van der Waals surface area contributed by atoms with Gasteiger partial charge in [-0.3, -0.25) is 34.0 Å². The molecule has 10 nitrogen and oxygen atoms in total. The largest absolute Gasteiger partial charge is 0.283 e. The monoisotopic (exact) mass is 519 g/mol. The first-order chi connectivity index (χ1) is 18.9. The van der Waals surface area contributed by atoms with Gasteiger partial charge in [-0.15, -0.1) is 0 Å². The number of hydrogen-bond acceptors (Lipinski definition) is 7. The third-order valence-corrected chi connectivity index (χ3v) is 8.94. The Morgan fingerprint density at radius 3 is 2.59 bits per heavy atom. The van der Waals surface area contributed by atoms with Crippen molar-refractivity contribution in [3.8, 4) is 5.69 Å². The second-order valence-corrected chi connectivity index (χ2v) is 10.6. The minimum atomic E-state index is -1.12. The molecule has 2 unspecified atom stereocenters. The Bertz CT molecular complexity index is 1850. The molecule has 4 aromatic rings. The average molecular weight is 520 g/mol. The van der Waals surface area contributed by atoms with Crippen LogP contribution in [0.5, 0.6) is 0 Å². The summed E-state index contributed by atoms with van der Waals surface area (Å²) in [6.07, 6.45) is 1.57. The fraction of sp³-hybridized carbons (Fsp3) is 0.241. The van der Waals surface area contributed by atoms with E-state index in [0.717, 1.165) is 23.3 Å². The fourth-order valence-corrected chi connectivity index (χ4v) is 7.61. The Labute approximate surface area is 221 Å². The smallest absolute Gasteiger partial charge is 0.271 e. The first-order valence-electron chi connectivity index (χ1n) is 13.0. The number of nitrogens with zero attached hydrogens (tertiary/aromatic N) is 5. The number of fused-ring (bicyclic) bond motifs is 11. The van der Waals surface area contributed by atoms with Crippen molar-refractivity contribution in [3.05, 3.63) is 105 Å². The number of nitro benzene ring substituents is 1. The lowest BCUT2D eigenvalue weighted by Crippen LogP contribution is -2.51. The number of hydrogen-bond donors (Lipinski definition) is 0. The fourth-order valence-electron chi connectivity index (χ4n) is 7.61. The average Bonchev–Trinajstić information content (AvgIpc) is 3.66. The summed E-state index contributed by atoms with van der Waals surface area (Å²) < 4.78 is 1.61. The third-order valence-electron chi connectivity index (χ3n) is 8.94. The Kier molecular flexibility index (Phi) is 4.26. The van der Waals surface area contributed by atoms with Crippen molar-refractivity contribution < 1.29 is 14.5 Å². The molecule has 3 aromatic carbocycles. The van der Waals surface area contributed by atoms with Crippen molar-refractivity contribution in [3.63, 3.8) is 0 Å². The van der Waals surface area contributed by atoms with Crippen LogP contribution < -0.4 is 10.5 Å². The molecule has 3 saturated heterocycles. The second kappa shape index (κ2) is 7.45. The Hall–Kier alpha value is -4.70. The van der Waals surface area contributed by atoms with Crippen LogP contribution >= 0.6 is 0 Å². The zero-order valence-corrected chi connectivity index (χ0v) is 20.6. The number of non-ortho nitro benzene ring substituents is 1. The van der Waals surface area contributed by atoms with Crippen LogP contribution in [0.15, 0.2) is 77.6 Å². The van der Waals surface area contributed by atoms with E-state index in [1.807, 2.05) is 30.3 Å². The summed E-state index contributed by atoms with van der Waals surface area (Å²) in [7, 11) is 0. The topological polar surface area (TPSA) is 119 Å². The molecular formula is C29H21N5O5. The highest BCUT2D eigenvalue weighted by atomic mass is 16.6. The van der Waals surface area contributed by atoms with Gasteiger partial charge in [-0.2, -0.15) is 0 Å². The summed E-state index contributed by atoms with van der Waals surface area (Å²) in [6, 6.07) is 20.1. The van der Waals surface area contributed by atoms with Crippen LogP contribution in [0.4, 0.5) is 11.4 Å². The van der Waals surface area contributed by atoms with Crippen LogP contribution in [0.1, 0.15) is 24.2 Å². The van der Waals surface area contributed by atoms with E-state index >= 15 is 0 Å². The van der Waals surface area contributed by atoms with E-state index in [1.54, 1.807) is 28.8 Å². The van der Waals surface area contributed by atoms with Gasteiger partial charge in [-0.25, -0.2) is 9.88 Å².